The van der Waals surface area contributed by atoms with E-state index in [-0.39, 0.29) is 23.6 Å². The Kier molecular flexibility index (Phi) is 7.59. The molecule has 2 aromatic carbocycles. The number of anilines is 1. The largest absolute Gasteiger partial charge is 0.342 e. The van der Waals surface area contributed by atoms with Gasteiger partial charge in [-0.1, -0.05) is 52.7 Å². The summed E-state index contributed by atoms with van der Waals surface area (Å²) in [7, 11) is 1.79. The van der Waals surface area contributed by atoms with Crippen LogP contribution in [0.5, 0.6) is 0 Å². The van der Waals surface area contributed by atoms with Crippen molar-refractivity contribution in [2.75, 3.05) is 11.1 Å². The zero-order chi connectivity index (χ0) is 22.5. The van der Waals surface area contributed by atoms with Crippen LogP contribution in [0.4, 0.5) is 5.69 Å². The fourth-order valence-electron chi connectivity index (χ4n) is 2.87. The first kappa shape index (κ1) is 23.1. The average Bonchev–Trinajstić information content (AvgIpc) is 3.09. The van der Waals surface area contributed by atoms with Gasteiger partial charge in [-0.2, -0.15) is 0 Å². The molecule has 162 valence electrons. The third-order valence-electron chi connectivity index (χ3n) is 4.42. The molecular weight excluding hydrogens is 457 g/mol. The van der Waals surface area contributed by atoms with Crippen LogP contribution in [0.15, 0.2) is 47.6 Å². The number of rotatable bonds is 7. The highest BCUT2D eigenvalue weighted by atomic mass is 35.5. The van der Waals surface area contributed by atoms with Gasteiger partial charge in [0.05, 0.1) is 22.5 Å². The van der Waals surface area contributed by atoms with Gasteiger partial charge in [0.25, 0.3) is 5.91 Å². The van der Waals surface area contributed by atoms with E-state index in [1.54, 1.807) is 35.9 Å². The van der Waals surface area contributed by atoms with Crippen LogP contribution in [0.2, 0.25) is 10.0 Å². The summed E-state index contributed by atoms with van der Waals surface area (Å²) in [6.45, 7) is 3.77. The number of nitrogens with zero attached hydrogens (tertiary/aromatic N) is 3. The van der Waals surface area contributed by atoms with E-state index >= 15 is 0 Å². The zero-order valence-electron chi connectivity index (χ0n) is 17.1. The Bertz CT molecular complexity index is 1120. The molecule has 10 heteroatoms. The predicted molar refractivity (Wildman–Crippen MR) is 124 cm³/mol. The van der Waals surface area contributed by atoms with E-state index in [1.165, 1.54) is 11.8 Å². The first-order valence-corrected chi connectivity index (χ1v) is 11.1. The van der Waals surface area contributed by atoms with Crippen molar-refractivity contribution in [2.45, 2.75) is 25.0 Å². The van der Waals surface area contributed by atoms with Gasteiger partial charge in [-0.15, -0.1) is 10.2 Å². The minimum atomic E-state index is -0.360. The number of carbonyl (C=O) groups excluding carboxylic acids is 2. The molecule has 3 aromatic rings. The predicted octanol–water partition coefficient (Wildman–Crippen LogP) is 4.65. The molecule has 7 nitrogen and oxygen atoms in total. The Morgan fingerprint density at radius 1 is 1.16 bits per heavy atom. The van der Waals surface area contributed by atoms with Crippen molar-refractivity contribution in [3.8, 4) is 0 Å². The summed E-state index contributed by atoms with van der Waals surface area (Å²) < 4.78 is 1.76. The number of aromatic nitrogens is 3. The van der Waals surface area contributed by atoms with E-state index in [2.05, 4.69) is 20.8 Å². The minimum absolute atomic E-state index is 0.120. The maximum atomic E-state index is 12.5. The number of thioether (sulfide) groups is 1. The summed E-state index contributed by atoms with van der Waals surface area (Å²) in [5.41, 5.74) is 2.08. The second-order valence-corrected chi connectivity index (χ2v) is 8.71. The maximum Gasteiger partial charge on any atom is 0.251 e. The molecule has 0 bridgehead atoms. The molecule has 0 saturated carbocycles. The molecule has 1 atom stereocenters. The van der Waals surface area contributed by atoms with Crippen molar-refractivity contribution < 1.29 is 9.59 Å². The lowest BCUT2D eigenvalue weighted by Gasteiger charge is -2.14. The molecule has 0 aliphatic rings. The van der Waals surface area contributed by atoms with E-state index in [0.717, 1.165) is 5.56 Å². The Morgan fingerprint density at radius 2 is 1.94 bits per heavy atom. The molecule has 1 heterocycles. The van der Waals surface area contributed by atoms with Crippen molar-refractivity contribution in [2.24, 2.45) is 7.05 Å². The van der Waals surface area contributed by atoms with E-state index in [0.29, 0.717) is 32.3 Å². The van der Waals surface area contributed by atoms with Crippen molar-refractivity contribution in [1.82, 2.24) is 20.1 Å². The van der Waals surface area contributed by atoms with Gasteiger partial charge in [-0.05, 0) is 44.2 Å². The van der Waals surface area contributed by atoms with Crippen LogP contribution in [0.3, 0.4) is 0 Å². The Morgan fingerprint density at radius 3 is 2.65 bits per heavy atom. The summed E-state index contributed by atoms with van der Waals surface area (Å²) >= 11 is 13.2. The molecule has 3 rings (SSSR count). The fourth-order valence-corrected chi connectivity index (χ4v) is 4.04. The molecule has 2 amide bonds. The van der Waals surface area contributed by atoms with Crippen molar-refractivity contribution in [3.05, 3.63) is 69.5 Å². The van der Waals surface area contributed by atoms with E-state index in [4.69, 9.17) is 23.2 Å². The molecule has 0 aliphatic heterocycles. The highest BCUT2D eigenvalue weighted by molar-refractivity contribution is 7.99. The fraction of sp³-hybridized carbons (Fsp3) is 0.238. The highest BCUT2D eigenvalue weighted by Crippen LogP contribution is 2.26. The molecule has 0 fully saturated rings. The quantitative estimate of drug-likeness (QED) is 0.483. The third-order valence-corrected chi connectivity index (χ3v) is 5.99. The zero-order valence-corrected chi connectivity index (χ0v) is 19.5. The Balaban J connectivity index is 1.59. The lowest BCUT2D eigenvalue weighted by atomic mass is 10.1. The first-order valence-electron chi connectivity index (χ1n) is 9.39. The van der Waals surface area contributed by atoms with Gasteiger partial charge in [-0.25, -0.2) is 0 Å². The molecule has 2 N–H and O–H groups in total. The van der Waals surface area contributed by atoms with Gasteiger partial charge < -0.3 is 15.2 Å². The molecule has 0 radical (unpaired) electrons. The van der Waals surface area contributed by atoms with Crippen LogP contribution in [0, 0.1) is 6.92 Å². The third kappa shape index (κ3) is 6.00. The number of halogens is 2. The molecule has 0 spiro atoms. The van der Waals surface area contributed by atoms with Gasteiger partial charge in [0, 0.05) is 17.6 Å². The molecule has 1 aromatic heterocycles. The van der Waals surface area contributed by atoms with Gasteiger partial charge in [0.15, 0.2) is 11.0 Å². The van der Waals surface area contributed by atoms with Crippen LogP contribution >= 0.6 is 35.0 Å². The summed E-state index contributed by atoms with van der Waals surface area (Å²) in [6.07, 6.45) is 0. The van der Waals surface area contributed by atoms with E-state index < -0.39 is 0 Å². The van der Waals surface area contributed by atoms with Crippen LogP contribution in [0.25, 0.3) is 0 Å². The van der Waals surface area contributed by atoms with Gasteiger partial charge in [0.1, 0.15) is 0 Å². The lowest BCUT2D eigenvalue weighted by Crippen LogP contribution is -2.28. The lowest BCUT2D eigenvalue weighted by molar-refractivity contribution is -0.113. The number of hydrogen-bond donors (Lipinski definition) is 2. The van der Waals surface area contributed by atoms with Gasteiger partial charge in [-0.3, -0.25) is 9.59 Å². The number of carbonyl (C=O) groups is 2. The summed E-state index contributed by atoms with van der Waals surface area (Å²) in [5, 5.41) is 15.4. The molecule has 31 heavy (non-hydrogen) atoms. The summed E-state index contributed by atoms with van der Waals surface area (Å²) in [5.74, 6) is 0.284. The maximum absolute atomic E-state index is 12.5. The number of benzene rings is 2. The Labute approximate surface area is 194 Å². The second kappa shape index (κ2) is 10.2. The van der Waals surface area contributed by atoms with Crippen LogP contribution in [-0.2, 0) is 11.8 Å². The van der Waals surface area contributed by atoms with Crippen LogP contribution < -0.4 is 10.6 Å². The Hall–Kier alpha value is -2.55. The standard InChI is InChI=1S/C21H21Cl2N5O2S/c1-12-5-4-6-14(9-12)20(30)24-13(2)19-26-27-21(28(19)3)31-11-18(29)25-17-8-7-15(22)10-16(17)23/h4-10,13H,11H2,1-3H3,(H,24,30)(H,25,29)/t13-/m0/s1. The highest BCUT2D eigenvalue weighted by Gasteiger charge is 2.19. The normalized spacial score (nSPS) is 11.8. The second-order valence-electron chi connectivity index (χ2n) is 6.93. The van der Waals surface area contributed by atoms with Crippen molar-refractivity contribution in [1.29, 1.82) is 0 Å². The number of hydrogen-bond acceptors (Lipinski definition) is 5. The van der Waals surface area contributed by atoms with E-state index in [9.17, 15) is 9.59 Å². The smallest absolute Gasteiger partial charge is 0.251 e. The molecule has 0 aliphatic carbocycles. The van der Waals surface area contributed by atoms with Crippen molar-refractivity contribution in [3.63, 3.8) is 0 Å². The number of nitrogens with one attached hydrogen (secondary N) is 2. The van der Waals surface area contributed by atoms with Crippen molar-refractivity contribution >= 4 is 52.5 Å². The van der Waals surface area contributed by atoms with E-state index in [1.807, 2.05) is 32.0 Å². The van der Waals surface area contributed by atoms with Crippen LogP contribution in [-0.4, -0.2) is 32.3 Å². The molecule has 0 unspecified atom stereocenters. The SMILES string of the molecule is Cc1cccc(C(=O)N[C@@H](C)c2nnc(SCC(=O)Nc3ccc(Cl)cc3Cl)n2C)c1. The summed E-state index contributed by atoms with van der Waals surface area (Å²) in [6, 6.07) is 11.9. The first-order chi connectivity index (χ1) is 14.7. The minimum Gasteiger partial charge on any atom is -0.342 e. The topological polar surface area (TPSA) is 88.9 Å². The molecular formula is C21H21Cl2N5O2S. The van der Waals surface area contributed by atoms with Gasteiger partial charge >= 0.3 is 0 Å². The monoisotopic (exact) mass is 477 g/mol. The number of aryl methyl sites for hydroxylation is 1. The average molecular weight is 478 g/mol. The molecule has 0 saturated heterocycles. The number of amides is 2. The van der Waals surface area contributed by atoms with Gasteiger partial charge in [0.2, 0.25) is 5.91 Å². The van der Waals surface area contributed by atoms with Crippen LogP contribution in [0.1, 0.15) is 34.7 Å². The summed E-state index contributed by atoms with van der Waals surface area (Å²) in [4.78, 5) is 24.8.